The van der Waals surface area contributed by atoms with Crippen molar-refractivity contribution in [1.29, 1.82) is 0 Å². The summed E-state index contributed by atoms with van der Waals surface area (Å²) in [6, 6.07) is 0. The van der Waals surface area contributed by atoms with Crippen LogP contribution in [0, 0.1) is 0 Å². The Bertz CT molecular complexity index is 259. The van der Waals surface area contributed by atoms with E-state index < -0.39 is 5.97 Å². The molecule has 0 bridgehead atoms. The number of carboxylic acid groups (broad SMARTS) is 1. The van der Waals surface area contributed by atoms with Gasteiger partial charge in [0.15, 0.2) is 0 Å². The number of carbonyl (C=O) groups is 1. The molecule has 0 atom stereocenters. The monoisotopic (exact) mass is 218 g/mol. The van der Waals surface area contributed by atoms with Crippen molar-refractivity contribution in [1.82, 2.24) is 9.55 Å². The molecular formula is C6H7BrN2O2. The number of hydrogen-bond acceptors (Lipinski definition) is 2. The molecule has 0 fully saturated rings. The Balaban J connectivity index is 2.51. The van der Waals surface area contributed by atoms with Gasteiger partial charge in [-0.05, 0) is 15.9 Å². The fraction of sp³-hybridized carbons (Fsp3) is 0.333. The summed E-state index contributed by atoms with van der Waals surface area (Å²) in [6.45, 7) is 0.454. The predicted octanol–water partition coefficient (Wildman–Crippen LogP) is 1.12. The van der Waals surface area contributed by atoms with E-state index in [0.717, 1.165) is 4.60 Å². The molecule has 11 heavy (non-hydrogen) atoms. The Hall–Kier alpha value is -0.840. The van der Waals surface area contributed by atoms with Gasteiger partial charge in [-0.1, -0.05) is 0 Å². The molecule has 1 rings (SSSR count). The first-order valence-corrected chi connectivity index (χ1v) is 3.87. The highest BCUT2D eigenvalue weighted by Gasteiger charge is 2.00. The van der Waals surface area contributed by atoms with Crippen LogP contribution < -0.4 is 0 Å². The number of halogens is 1. The molecule has 0 aromatic carbocycles. The van der Waals surface area contributed by atoms with Gasteiger partial charge in [0, 0.05) is 6.54 Å². The molecule has 1 aromatic heterocycles. The second-order valence-electron chi connectivity index (χ2n) is 2.05. The lowest BCUT2D eigenvalue weighted by Gasteiger charge is -1.99. The Morgan fingerprint density at radius 3 is 3.00 bits per heavy atom. The first-order chi connectivity index (χ1) is 5.20. The van der Waals surface area contributed by atoms with Crippen LogP contribution in [-0.2, 0) is 11.3 Å². The van der Waals surface area contributed by atoms with Gasteiger partial charge in [-0.3, -0.25) is 4.79 Å². The maximum absolute atomic E-state index is 10.2. The summed E-state index contributed by atoms with van der Waals surface area (Å²) >= 11 is 3.22. The van der Waals surface area contributed by atoms with Gasteiger partial charge in [-0.2, -0.15) is 0 Å². The van der Waals surface area contributed by atoms with Crippen LogP contribution in [0.4, 0.5) is 0 Å². The minimum atomic E-state index is -0.800. The number of imidazole rings is 1. The zero-order valence-corrected chi connectivity index (χ0v) is 7.28. The van der Waals surface area contributed by atoms with E-state index in [0.29, 0.717) is 6.54 Å². The van der Waals surface area contributed by atoms with Gasteiger partial charge < -0.3 is 9.67 Å². The zero-order chi connectivity index (χ0) is 8.27. The molecule has 1 heterocycles. The summed E-state index contributed by atoms with van der Waals surface area (Å²) < 4.78 is 2.53. The van der Waals surface area contributed by atoms with Crippen molar-refractivity contribution in [3.8, 4) is 0 Å². The molecule has 0 saturated heterocycles. The van der Waals surface area contributed by atoms with E-state index in [4.69, 9.17) is 5.11 Å². The highest BCUT2D eigenvalue weighted by Crippen LogP contribution is 2.07. The molecule has 0 aliphatic rings. The minimum absolute atomic E-state index is 0.120. The van der Waals surface area contributed by atoms with Crippen LogP contribution in [0.3, 0.4) is 0 Å². The molecule has 1 N–H and O–H groups in total. The molecule has 0 radical (unpaired) electrons. The quantitative estimate of drug-likeness (QED) is 0.828. The SMILES string of the molecule is O=C(O)CCn1cncc1Br. The number of rotatable bonds is 3. The van der Waals surface area contributed by atoms with Crippen LogP contribution >= 0.6 is 15.9 Å². The normalized spacial score (nSPS) is 9.91. The molecule has 5 heteroatoms. The lowest BCUT2D eigenvalue weighted by atomic mass is 10.4. The van der Waals surface area contributed by atoms with Gasteiger partial charge in [-0.15, -0.1) is 0 Å². The Kier molecular flexibility index (Phi) is 2.64. The summed E-state index contributed by atoms with van der Waals surface area (Å²) in [5, 5.41) is 8.35. The molecule has 0 aliphatic carbocycles. The summed E-state index contributed by atoms with van der Waals surface area (Å²) in [5.74, 6) is -0.800. The van der Waals surface area contributed by atoms with Crippen LogP contribution in [0.15, 0.2) is 17.1 Å². The van der Waals surface area contributed by atoms with Gasteiger partial charge >= 0.3 is 5.97 Å². The molecule has 1 aromatic rings. The topological polar surface area (TPSA) is 55.1 Å². The molecule has 0 amide bonds. The second kappa shape index (κ2) is 3.52. The van der Waals surface area contributed by atoms with Crippen LogP contribution in [-0.4, -0.2) is 20.6 Å². The van der Waals surface area contributed by atoms with Crippen molar-refractivity contribution < 1.29 is 9.90 Å². The zero-order valence-electron chi connectivity index (χ0n) is 5.70. The van der Waals surface area contributed by atoms with Gasteiger partial charge in [0.25, 0.3) is 0 Å². The summed E-state index contributed by atoms with van der Waals surface area (Å²) in [5.41, 5.74) is 0. The smallest absolute Gasteiger partial charge is 0.305 e. The van der Waals surface area contributed by atoms with Crippen molar-refractivity contribution in [2.24, 2.45) is 0 Å². The van der Waals surface area contributed by atoms with E-state index in [1.165, 1.54) is 0 Å². The number of aliphatic carboxylic acids is 1. The Morgan fingerprint density at radius 1 is 1.82 bits per heavy atom. The second-order valence-corrected chi connectivity index (χ2v) is 2.87. The number of hydrogen-bond donors (Lipinski definition) is 1. The van der Waals surface area contributed by atoms with Crippen LogP contribution in [0.2, 0.25) is 0 Å². The average Bonchev–Trinajstić information content (AvgIpc) is 2.31. The van der Waals surface area contributed by atoms with Crippen molar-refractivity contribution in [2.75, 3.05) is 0 Å². The standard InChI is InChI=1S/C6H7BrN2O2/c7-5-3-8-4-9(5)2-1-6(10)11/h3-4H,1-2H2,(H,10,11). The minimum Gasteiger partial charge on any atom is -0.481 e. The van der Waals surface area contributed by atoms with Crippen LogP contribution in [0.25, 0.3) is 0 Å². The number of aromatic nitrogens is 2. The van der Waals surface area contributed by atoms with Gasteiger partial charge in [0.1, 0.15) is 4.60 Å². The fourth-order valence-corrected chi connectivity index (χ4v) is 1.07. The van der Waals surface area contributed by atoms with Crippen molar-refractivity contribution >= 4 is 21.9 Å². The highest BCUT2D eigenvalue weighted by molar-refractivity contribution is 9.10. The molecule has 0 saturated carbocycles. The Labute approximate surface area is 72.0 Å². The summed E-state index contributed by atoms with van der Waals surface area (Å²) in [4.78, 5) is 14.0. The lowest BCUT2D eigenvalue weighted by Crippen LogP contribution is -2.03. The molecule has 4 nitrogen and oxygen atoms in total. The van der Waals surface area contributed by atoms with Gasteiger partial charge in [0.2, 0.25) is 0 Å². The Morgan fingerprint density at radius 2 is 2.55 bits per heavy atom. The van der Waals surface area contributed by atoms with E-state index in [9.17, 15) is 4.79 Å². The van der Waals surface area contributed by atoms with E-state index in [1.54, 1.807) is 17.1 Å². The molecular weight excluding hydrogens is 212 g/mol. The predicted molar refractivity (Wildman–Crippen MR) is 42.2 cm³/mol. The van der Waals surface area contributed by atoms with E-state index in [-0.39, 0.29) is 6.42 Å². The summed E-state index contributed by atoms with van der Waals surface area (Å²) in [6.07, 6.45) is 3.34. The molecule has 0 unspecified atom stereocenters. The van der Waals surface area contributed by atoms with Crippen molar-refractivity contribution in [3.05, 3.63) is 17.1 Å². The average molecular weight is 219 g/mol. The lowest BCUT2D eigenvalue weighted by molar-refractivity contribution is -0.137. The maximum atomic E-state index is 10.2. The van der Waals surface area contributed by atoms with E-state index in [1.807, 2.05) is 0 Å². The number of aryl methyl sites for hydroxylation is 1. The highest BCUT2D eigenvalue weighted by atomic mass is 79.9. The van der Waals surface area contributed by atoms with E-state index >= 15 is 0 Å². The largest absolute Gasteiger partial charge is 0.481 e. The van der Waals surface area contributed by atoms with Crippen molar-refractivity contribution in [2.45, 2.75) is 13.0 Å². The fourth-order valence-electron chi connectivity index (χ4n) is 0.685. The first-order valence-electron chi connectivity index (χ1n) is 3.07. The van der Waals surface area contributed by atoms with Crippen LogP contribution in [0.5, 0.6) is 0 Å². The molecule has 60 valence electrons. The first kappa shape index (κ1) is 8.26. The van der Waals surface area contributed by atoms with Gasteiger partial charge in [0.05, 0.1) is 18.9 Å². The molecule has 0 spiro atoms. The summed E-state index contributed by atoms with van der Waals surface area (Å²) in [7, 11) is 0. The maximum Gasteiger partial charge on any atom is 0.305 e. The van der Waals surface area contributed by atoms with Gasteiger partial charge in [-0.25, -0.2) is 4.98 Å². The van der Waals surface area contributed by atoms with Crippen LogP contribution in [0.1, 0.15) is 6.42 Å². The number of nitrogens with zero attached hydrogens (tertiary/aromatic N) is 2. The third kappa shape index (κ3) is 2.34. The third-order valence-electron chi connectivity index (χ3n) is 1.23. The number of carboxylic acids is 1. The van der Waals surface area contributed by atoms with E-state index in [2.05, 4.69) is 20.9 Å². The van der Waals surface area contributed by atoms with Crippen molar-refractivity contribution in [3.63, 3.8) is 0 Å². The molecule has 0 aliphatic heterocycles. The third-order valence-corrected chi connectivity index (χ3v) is 1.89.